The largest absolute Gasteiger partial charge is 0.350 e. The molecule has 0 aromatic heterocycles. The van der Waals surface area contributed by atoms with Crippen molar-refractivity contribution in [1.29, 1.82) is 0 Å². The van der Waals surface area contributed by atoms with Crippen LogP contribution in [-0.2, 0) is 4.79 Å². The van der Waals surface area contributed by atoms with Gasteiger partial charge in [0.05, 0.1) is 6.54 Å². The van der Waals surface area contributed by atoms with Crippen molar-refractivity contribution >= 4 is 5.91 Å². The van der Waals surface area contributed by atoms with Crippen LogP contribution in [0.3, 0.4) is 0 Å². The maximum Gasteiger partial charge on any atom is 0.234 e. The normalized spacial score (nSPS) is 10.7. The number of terminal acetylenes is 1. The number of unbranched alkanes of at least 4 members (excludes halogenated alkanes) is 1. The third kappa shape index (κ3) is 9.08. The topological polar surface area (TPSA) is 41.1 Å². The summed E-state index contributed by atoms with van der Waals surface area (Å²) in [6.45, 7) is 7.04. The lowest BCUT2D eigenvalue weighted by molar-refractivity contribution is -0.121. The molecule has 3 nitrogen and oxygen atoms in total. The van der Waals surface area contributed by atoms with Crippen molar-refractivity contribution in [2.75, 3.05) is 13.1 Å². The van der Waals surface area contributed by atoms with E-state index in [-0.39, 0.29) is 11.4 Å². The van der Waals surface area contributed by atoms with E-state index in [4.69, 9.17) is 6.42 Å². The highest BCUT2D eigenvalue weighted by atomic mass is 16.2. The fourth-order valence-electron chi connectivity index (χ4n) is 0.980. The summed E-state index contributed by atoms with van der Waals surface area (Å²) in [4.78, 5) is 11.3. The van der Waals surface area contributed by atoms with Crippen LogP contribution in [0, 0.1) is 12.3 Å². The minimum Gasteiger partial charge on any atom is -0.350 e. The Morgan fingerprint density at radius 2 is 2.07 bits per heavy atom. The first kappa shape index (κ1) is 13.0. The Hall–Kier alpha value is -1.01. The molecule has 80 valence electrons. The first-order valence-electron chi connectivity index (χ1n) is 4.91. The molecule has 0 radical (unpaired) electrons. The molecule has 0 fully saturated rings. The van der Waals surface area contributed by atoms with Crippen molar-refractivity contribution in [3.05, 3.63) is 0 Å². The first-order chi connectivity index (χ1) is 6.45. The summed E-state index contributed by atoms with van der Waals surface area (Å²) >= 11 is 0. The van der Waals surface area contributed by atoms with Gasteiger partial charge in [-0.15, -0.1) is 12.3 Å². The highest BCUT2D eigenvalue weighted by molar-refractivity contribution is 5.78. The predicted molar refractivity (Wildman–Crippen MR) is 58.8 cm³/mol. The maximum atomic E-state index is 11.3. The van der Waals surface area contributed by atoms with E-state index in [1.807, 2.05) is 20.8 Å². The molecule has 3 heteroatoms. The zero-order chi connectivity index (χ0) is 11.0. The molecule has 0 aliphatic rings. The lowest BCUT2D eigenvalue weighted by Crippen LogP contribution is -2.44. The Morgan fingerprint density at radius 1 is 1.43 bits per heavy atom. The zero-order valence-corrected chi connectivity index (χ0v) is 9.31. The van der Waals surface area contributed by atoms with Crippen LogP contribution in [0.4, 0.5) is 0 Å². The van der Waals surface area contributed by atoms with Crippen LogP contribution < -0.4 is 10.6 Å². The molecule has 0 saturated heterocycles. The van der Waals surface area contributed by atoms with Crippen LogP contribution in [0.15, 0.2) is 0 Å². The van der Waals surface area contributed by atoms with E-state index in [0.29, 0.717) is 6.54 Å². The van der Waals surface area contributed by atoms with Crippen LogP contribution in [0.25, 0.3) is 0 Å². The summed E-state index contributed by atoms with van der Waals surface area (Å²) < 4.78 is 0. The van der Waals surface area contributed by atoms with Gasteiger partial charge in [-0.1, -0.05) is 0 Å². The second kappa shape index (κ2) is 6.44. The number of nitrogens with one attached hydrogen (secondary N) is 2. The molecule has 0 saturated carbocycles. The van der Waals surface area contributed by atoms with Crippen molar-refractivity contribution in [2.45, 2.75) is 39.2 Å². The third-order valence-electron chi connectivity index (χ3n) is 1.47. The second-order valence-corrected chi connectivity index (χ2v) is 4.28. The molecule has 0 spiro atoms. The van der Waals surface area contributed by atoms with Gasteiger partial charge in [0.2, 0.25) is 5.91 Å². The highest BCUT2D eigenvalue weighted by Crippen LogP contribution is 1.97. The molecule has 0 rings (SSSR count). The molecule has 1 amide bonds. The Balaban J connectivity index is 3.42. The molecule has 0 aromatic carbocycles. The quantitative estimate of drug-likeness (QED) is 0.507. The second-order valence-electron chi connectivity index (χ2n) is 4.28. The predicted octanol–water partition coefficient (Wildman–Crippen LogP) is 0.904. The van der Waals surface area contributed by atoms with Gasteiger partial charge < -0.3 is 10.6 Å². The van der Waals surface area contributed by atoms with Crippen molar-refractivity contribution in [3.63, 3.8) is 0 Å². The molecule has 0 aliphatic carbocycles. The molecule has 0 heterocycles. The Kier molecular flexibility index (Phi) is 5.98. The molecular weight excluding hydrogens is 176 g/mol. The number of carbonyl (C=O) groups is 1. The summed E-state index contributed by atoms with van der Waals surface area (Å²) in [5.74, 6) is 2.58. The van der Waals surface area contributed by atoms with Gasteiger partial charge in [0.15, 0.2) is 0 Å². The monoisotopic (exact) mass is 196 g/mol. The van der Waals surface area contributed by atoms with Crippen molar-refractivity contribution in [2.24, 2.45) is 0 Å². The summed E-state index contributed by atoms with van der Waals surface area (Å²) in [5.41, 5.74) is -0.155. The molecule has 2 N–H and O–H groups in total. The fraction of sp³-hybridized carbons (Fsp3) is 0.727. The third-order valence-corrected chi connectivity index (χ3v) is 1.47. The molecule has 0 aromatic rings. The van der Waals surface area contributed by atoms with Crippen molar-refractivity contribution < 1.29 is 4.79 Å². The summed E-state index contributed by atoms with van der Waals surface area (Å²) in [6.07, 6.45) is 6.77. The average molecular weight is 196 g/mol. The number of carbonyl (C=O) groups excluding carboxylic acids is 1. The Labute approximate surface area is 86.6 Å². The van der Waals surface area contributed by atoms with E-state index in [9.17, 15) is 4.79 Å². The van der Waals surface area contributed by atoms with E-state index >= 15 is 0 Å². The Morgan fingerprint density at radius 3 is 2.57 bits per heavy atom. The van der Waals surface area contributed by atoms with Gasteiger partial charge in [-0.3, -0.25) is 4.79 Å². The molecule has 14 heavy (non-hydrogen) atoms. The van der Waals surface area contributed by atoms with Crippen LogP contribution in [-0.4, -0.2) is 24.5 Å². The van der Waals surface area contributed by atoms with Gasteiger partial charge >= 0.3 is 0 Å². The standard InChI is InChI=1S/C11H20N2O/c1-5-6-7-8-12-9-10(14)13-11(2,3)4/h1,12H,6-9H2,2-4H3,(H,13,14). The number of amides is 1. The zero-order valence-electron chi connectivity index (χ0n) is 9.31. The van der Waals surface area contributed by atoms with Crippen LogP contribution in [0.1, 0.15) is 33.6 Å². The van der Waals surface area contributed by atoms with E-state index in [1.165, 1.54) is 0 Å². The maximum absolute atomic E-state index is 11.3. The van der Waals surface area contributed by atoms with E-state index in [1.54, 1.807) is 0 Å². The molecule has 0 atom stereocenters. The number of hydrogen-bond acceptors (Lipinski definition) is 2. The molecule has 0 bridgehead atoms. The van der Waals surface area contributed by atoms with Crippen molar-refractivity contribution in [3.8, 4) is 12.3 Å². The number of rotatable bonds is 5. The fourth-order valence-corrected chi connectivity index (χ4v) is 0.980. The van der Waals surface area contributed by atoms with Crippen LogP contribution >= 0.6 is 0 Å². The van der Waals surface area contributed by atoms with E-state index < -0.39 is 0 Å². The molecule has 0 aliphatic heterocycles. The van der Waals surface area contributed by atoms with Crippen molar-refractivity contribution in [1.82, 2.24) is 10.6 Å². The lowest BCUT2D eigenvalue weighted by atomic mass is 10.1. The highest BCUT2D eigenvalue weighted by Gasteiger charge is 2.12. The molecular formula is C11H20N2O. The van der Waals surface area contributed by atoms with Gasteiger partial charge in [-0.05, 0) is 33.7 Å². The SMILES string of the molecule is C#CCCCNCC(=O)NC(C)(C)C. The van der Waals surface area contributed by atoms with E-state index in [0.717, 1.165) is 19.4 Å². The van der Waals surface area contributed by atoms with Crippen LogP contribution in [0.2, 0.25) is 0 Å². The molecule has 0 unspecified atom stereocenters. The van der Waals surface area contributed by atoms with Gasteiger partial charge in [-0.25, -0.2) is 0 Å². The van der Waals surface area contributed by atoms with E-state index in [2.05, 4.69) is 16.6 Å². The first-order valence-corrected chi connectivity index (χ1v) is 4.91. The smallest absolute Gasteiger partial charge is 0.234 e. The lowest BCUT2D eigenvalue weighted by Gasteiger charge is -2.20. The number of hydrogen-bond donors (Lipinski definition) is 2. The summed E-state index contributed by atoms with van der Waals surface area (Å²) in [7, 11) is 0. The van der Waals surface area contributed by atoms with Gasteiger partial charge in [0.25, 0.3) is 0 Å². The van der Waals surface area contributed by atoms with Gasteiger partial charge in [0, 0.05) is 12.0 Å². The average Bonchev–Trinajstić information content (AvgIpc) is 2.00. The van der Waals surface area contributed by atoms with Gasteiger partial charge in [0.1, 0.15) is 0 Å². The minimum atomic E-state index is -0.155. The minimum absolute atomic E-state index is 0.0261. The summed E-state index contributed by atoms with van der Waals surface area (Å²) in [6, 6.07) is 0. The summed E-state index contributed by atoms with van der Waals surface area (Å²) in [5, 5.41) is 5.90. The van der Waals surface area contributed by atoms with Crippen LogP contribution in [0.5, 0.6) is 0 Å². The van der Waals surface area contributed by atoms with Gasteiger partial charge in [-0.2, -0.15) is 0 Å². The Bertz CT molecular complexity index is 210.